The molecule has 0 aliphatic carbocycles. The second-order valence-electron chi connectivity index (χ2n) is 4.47. The van der Waals surface area contributed by atoms with Gasteiger partial charge in [-0.3, -0.25) is 4.79 Å². The molecule has 1 heterocycles. The highest BCUT2D eigenvalue weighted by atomic mass is 19.2. The van der Waals surface area contributed by atoms with Crippen LogP contribution in [0.3, 0.4) is 0 Å². The number of nitrogens with zero attached hydrogens (tertiary/aromatic N) is 2. The summed E-state index contributed by atoms with van der Waals surface area (Å²) in [6.07, 6.45) is 1.55. The second kappa shape index (κ2) is 6.75. The Bertz CT molecular complexity index is 719. The fourth-order valence-corrected chi connectivity index (χ4v) is 1.70. The van der Waals surface area contributed by atoms with Crippen molar-refractivity contribution in [3.05, 3.63) is 59.9 Å². The quantitative estimate of drug-likeness (QED) is 0.834. The van der Waals surface area contributed by atoms with E-state index >= 15 is 0 Å². The summed E-state index contributed by atoms with van der Waals surface area (Å²) in [6.45, 7) is 5.52. The van der Waals surface area contributed by atoms with Gasteiger partial charge in [-0.2, -0.15) is 0 Å². The third-order valence-electron chi connectivity index (χ3n) is 2.67. The van der Waals surface area contributed by atoms with Crippen molar-refractivity contribution in [1.29, 1.82) is 0 Å². The van der Waals surface area contributed by atoms with Crippen molar-refractivity contribution in [3.8, 4) is 0 Å². The summed E-state index contributed by atoms with van der Waals surface area (Å²) < 4.78 is 26.1. The molecule has 0 fully saturated rings. The Hall–Kier alpha value is -2.83. The highest BCUT2D eigenvalue weighted by Gasteiger charge is 2.10. The third-order valence-corrected chi connectivity index (χ3v) is 2.67. The highest BCUT2D eigenvalue weighted by molar-refractivity contribution is 5.92. The largest absolute Gasteiger partial charge is 0.347 e. The van der Waals surface area contributed by atoms with Gasteiger partial charge in [-0.05, 0) is 25.1 Å². The van der Waals surface area contributed by atoms with E-state index in [1.165, 1.54) is 12.1 Å². The lowest BCUT2D eigenvalue weighted by Crippen LogP contribution is -2.24. The lowest BCUT2D eigenvalue weighted by molar-refractivity contribution is 0.0953. The molecule has 1 amide bonds. The van der Waals surface area contributed by atoms with Crippen LogP contribution in [0.25, 0.3) is 0 Å². The molecule has 0 spiro atoms. The molecule has 0 bridgehead atoms. The number of nitrogens with one attached hydrogen (secondary N) is 2. The summed E-state index contributed by atoms with van der Waals surface area (Å²) in [5, 5.41) is 5.33. The maximum atomic E-state index is 13.2. The molecule has 0 atom stereocenters. The lowest BCUT2D eigenvalue weighted by atomic mass is 10.3. The lowest BCUT2D eigenvalue weighted by Gasteiger charge is -2.08. The zero-order valence-corrected chi connectivity index (χ0v) is 11.9. The molecule has 0 aliphatic rings. The Balaban J connectivity index is 2.23. The SMILES string of the molecule is C=CCNC(=O)c1cc(C)nc(Nc2ccc(F)c(F)c2)n1. The molecular formula is C15H14F2N4O. The molecule has 1 aromatic heterocycles. The molecule has 114 valence electrons. The van der Waals surface area contributed by atoms with Crippen molar-refractivity contribution in [1.82, 2.24) is 15.3 Å². The van der Waals surface area contributed by atoms with Gasteiger partial charge < -0.3 is 10.6 Å². The third kappa shape index (κ3) is 3.85. The fourth-order valence-electron chi connectivity index (χ4n) is 1.70. The first-order chi connectivity index (χ1) is 10.5. The van der Waals surface area contributed by atoms with Crippen molar-refractivity contribution in [2.24, 2.45) is 0 Å². The Morgan fingerprint density at radius 1 is 1.27 bits per heavy atom. The predicted molar refractivity (Wildman–Crippen MR) is 78.9 cm³/mol. The average molecular weight is 304 g/mol. The number of hydrogen-bond acceptors (Lipinski definition) is 4. The topological polar surface area (TPSA) is 66.9 Å². The van der Waals surface area contributed by atoms with Crippen LogP contribution in [0.1, 0.15) is 16.2 Å². The van der Waals surface area contributed by atoms with Crippen molar-refractivity contribution in [2.75, 3.05) is 11.9 Å². The van der Waals surface area contributed by atoms with Gasteiger partial charge in [-0.15, -0.1) is 6.58 Å². The number of hydrogen-bond donors (Lipinski definition) is 2. The smallest absolute Gasteiger partial charge is 0.270 e. The van der Waals surface area contributed by atoms with E-state index in [1.54, 1.807) is 13.0 Å². The molecule has 2 N–H and O–H groups in total. The van der Waals surface area contributed by atoms with Crippen molar-refractivity contribution in [3.63, 3.8) is 0 Å². The molecule has 22 heavy (non-hydrogen) atoms. The van der Waals surface area contributed by atoms with E-state index < -0.39 is 11.6 Å². The van der Waals surface area contributed by atoms with E-state index in [2.05, 4.69) is 27.2 Å². The second-order valence-corrected chi connectivity index (χ2v) is 4.47. The maximum Gasteiger partial charge on any atom is 0.270 e. The minimum Gasteiger partial charge on any atom is -0.347 e. The monoisotopic (exact) mass is 304 g/mol. The number of rotatable bonds is 5. The van der Waals surface area contributed by atoms with Crippen molar-refractivity contribution in [2.45, 2.75) is 6.92 Å². The van der Waals surface area contributed by atoms with Crippen LogP contribution in [0.2, 0.25) is 0 Å². The number of amides is 1. The summed E-state index contributed by atoms with van der Waals surface area (Å²) >= 11 is 0. The first-order valence-electron chi connectivity index (χ1n) is 6.46. The first kappa shape index (κ1) is 15.6. The fraction of sp³-hybridized carbons (Fsp3) is 0.133. The van der Waals surface area contributed by atoms with Gasteiger partial charge >= 0.3 is 0 Å². The van der Waals surface area contributed by atoms with E-state index in [0.29, 0.717) is 12.2 Å². The van der Waals surface area contributed by atoms with Gasteiger partial charge in [0.05, 0.1) is 0 Å². The summed E-state index contributed by atoms with van der Waals surface area (Å²) in [4.78, 5) is 20.0. The Morgan fingerprint density at radius 3 is 2.73 bits per heavy atom. The number of benzene rings is 1. The van der Waals surface area contributed by atoms with Gasteiger partial charge in [0, 0.05) is 24.0 Å². The summed E-state index contributed by atoms with van der Waals surface area (Å²) in [5.41, 5.74) is 1.00. The Labute approximate surface area is 126 Å². The van der Waals surface area contributed by atoms with E-state index in [-0.39, 0.29) is 23.2 Å². The van der Waals surface area contributed by atoms with Gasteiger partial charge in [0.15, 0.2) is 11.6 Å². The van der Waals surface area contributed by atoms with E-state index in [9.17, 15) is 13.6 Å². The van der Waals surface area contributed by atoms with Crippen molar-refractivity contribution < 1.29 is 13.6 Å². The number of anilines is 2. The normalized spacial score (nSPS) is 10.1. The van der Waals surface area contributed by atoms with Gasteiger partial charge in [0.1, 0.15) is 5.69 Å². The summed E-state index contributed by atoms with van der Waals surface area (Å²) in [6, 6.07) is 4.85. The standard InChI is InChI=1S/C15H14F2N4O/c1-3-6-18-14(22)13-7-9(2)19-15(21-13)20-10-4-5-11(16)12(17)8-10/h3-5,7-8H,1,6H2,2H3,(H,18,22)(H,19,20,21). The molecule has 0 radical (unpaired) electrons. The molecule has 1 aromatic carbocycles. The molecular weight excluding hydrogens is 290 g/mol. The van der Waals surface area contributed by atoms with Crippen LogP contribution in [-0.2, 0) is 0 Å². The molecule has 2 rings (SSSR count). The van der Waals surface area contributed by atoms with Gasteiger partial charge in [-0.25, -0.2) is 18.7 Å². The van der Waals surface area contributed by atoms with Gasteiger partial charge in [0.25, 0.3) is 5.91 Å². The molecule has 0 saturated carbocycles. The van der Waals surface area contributed by atoms with Crippen LogP contribution < -0.4 is 10.6 Å². The molecule has 0 unspecified atom stereocenters. The molecule has 0 saturated heterocycles. The van der Waals surface area contributed by atoms with Gasteiger partial charge in [-0.1, -0.05) is 6.08 Å². The minimum atomic E-state index is -0.985. The first-order valence-corrected chi connectivity index (χ1v) is 6.46. The Kier molecular flexibility index (Phi) is 4.77. The number of carbonyl (C=O) groups excluding carboxylic acids is 1. The zero-order chi connectivity index (χ0) is 16.1. The average Bonchev–Trinajstić information content (AvgIpc) is 2.48. The maximum absolute atomic E-state index is 13.2. The van der Waals surface area contributed by atoms with E-state index in [1.807, 2.05) is 0 Å². The van der Waals surface area contributed by atoms with Crippen LogP contribution in [0, 0.1) is 18.6 Å². The van der Waals surface area contributed by atoms with Crippen LogP contribution in [0.15, 0.2) is 36.9 Å². The Morgan fingerprint density at radius 2 is 2.05 bits per heavy atom. The van der Waals surface area contributed by atoms with E-state index in [4.69, 9.17) is 0 Å². The van der Waals surface area contributed by atoms with Crippen molar-refractivity contribution >= 4 is 17.5 Å². The molecule has 5 nitrogen and oxygen atoms in total. The van der Waals surface area contributed by atoms with Crippen LogP contribution in [-0.4, -0.2) is 22.4 Å². The number of aromatic nitrogens is 2. The minimum absolute atomic E-state index is 0.120. The van der Waals surface area contributed by atoms with Gasteiger partial charge in [0.2, 0.25) is 5.95 Å². The van der Waals surface area contributed by atoms with Crippen LogP contribution in [0.5, 0.6) is 0 Å². The number of halogens is 2. The molecule has 2 aromatic rings. The number of aryl methyl sites for hydroxylation is 1. The summed E-state index contributed by atoms with van der Waals surface area (Å²) in [5.74, 6) is -2.18. The number of carbonyl (C=O) groups is 1. The zero-order valence-electron chi connectivity index (χ0n) is 11.9. The molecule has 0 aliphatic heterocycles. The predicted octanol–water partition coefficient (Wildman–Crippen LogP) is 2.72. The van der Waals surface area contributed by atoms with Crippen LogP contribution in [0.4, 0.5) is 20.4 Å². The van der Waals surface area contributed by atoms with Crippen LogP contribution >= 0.6 is 0 Å². The van der Waals surface area contributed by atoms with E-state index in [0.717, 1.165) is 12.1 Å². The highest BCUT2D eigenvalue weighted by Crippen LogP contribution is 2.17. The summed E-state index contributed by atoms with van der Waals surface area (Å²) in [7, 11) is 0. The molecule has 7 heteroatoms.